The monoisotopic (exact) mass is 433 g/mol. The molecule has 3 aromatic rings. The molecule has 32 heavy (non-hydrogen) atoms. The van der Waals surface area contributed by atoms with E-state index in [1.165, 1.54) is 24.5 Å². The van der Waals surface area contributed by atoms with Gasteiger partial charge in [-0.05, 0) is 61.3 Å². The van der Waals surface area contributed by atoms with E-state index in [1.54, 1.807) is 19.2 Å². The second-order valence-corrected chi connectivity index (χ2v) is 7.14. The molecule has 0 radical (unpaired) electrons. The molecule has 0 aliphatic carbocycles. The van der Waals surface area contributed by atoms with Crippen molar-refractivity contribution in [2.75, 3.05) is 25.5 Å². The van der Waals surface area contributed by atoms with Crippen LogP contribution in [0.5, 0.6) is 5.75 Å². The van der Waals surface area contributed by atoms with Gasteiger partial charge in [-0.3, -0.25) is 9.78 Å². The van der Waals surface area contributed by atoms with Crippen molar-refractivity contribution < 1.29 is 13.9 Å². The number of benzene rings is 2. The fourth-order valence-electron chi connectivity index (χ4n) is 3.10. The maximum absolute atomic E-state index is 12.9. The minimum absolute atomic E-state index is 0.0432. The molecule has 1 amide bonds. The maximum Gasteiger partial charge on any atom is 0.230 e. The van der Waals surface area contributed by atoms with Crippen molar-refractivity contribution in [3.63, 3.8) is 0 Å². The number of amides is 1. The summed E-state index contributed by atoms with van der Waals surface area (Å²) in [5.74, 6) is 0.101. The van der Waals surface area contributed by atoms with E-state index in [-0.39, 0.29) is 23.8 Å². The summed E-state index contributed by atoms with van der Waals surface area (Å²) < 4.78 is 18.4. The van der Waals surface area contributed by atoms with Crippen molar-refractivity contribution >= 4 is 11.6 Å². The summed E-state index contributed by atoms with van der Waals surface area (Å²) in [6.07, 6.45) is 4.43. The summed E-state index contributed by atoms with van der Waals surface area (Å²) in [6.45, 7) is 1.59. The van der Waals surface area contributed by atoms with Gasteiger partial charge in [0.1, 0.15) is 17.6 Å². The molecule has 0 atom stereocenters. The van der Waals surface area contributed by atoms with E-state index < -0.39 is 0 Å². The first-order chi connectivity index (χ1) is 15.6. The molecule has 8 heteroatoms. The summed E-state index contributed by atoms with van der Waals surface area (Å²) in [4.78, 5) is 20.3. The summed E-state index contributed by atoms with van der Waals surface area (Å²) >= 11 is 0. The highest BCUT2D eigenvalue weighted by molar-refractivity contribution is 5.93. The van der Waals surface area contributed by atoms with E-state index >= 15 is 0 Å². The lowest BCUT2D eigenvalue weighted by molar-refractivity contribution is -0.115. The van der Waals surface area contributed by atoms with Gasteiger partial charge in [-0.1, -0.05) is 18.2 Å². The van der Waals surface area contributed by atoms with Crippen molar-refractivity contribution in [1.82, 2.24) is 15.3 Å². The Labute approximate surface area is 186 Å². The molecule has 0 spiro atoms. The van der Waals surface area contributed by atoms with E-state index in [9.17, 15) is 9.18 Å². The van der Waals surface area contributed by atoms with Crippen LogP contribution in [0.1, 0.15) is 22.5 Å². The number of aromatic nitrogens is 2. The van der Waals surface area contributed by atoms with Gasteiger partial charge in [-0.25, -0.2) is 9.37 Å². The van der Waals surface area contributed by atoms with Crippen LogP contribution >= 0.6 is 0 Å². The Balaban J connectivity index is 1.47. The molecular weight excluding hydrogens is 409 g/mol. The topological polar surface area (TPSA) is 99.9 Å². The number of hydrogen-bond acceptors (Lipinski definition) is 6. The Morgan fingerprint density at radius 2 is 1.78 bits per heavy atom. The first-order valence-electron chi connectivity index (χ1n) is 10.2. The first kappa shape index (κ1) is 22.8. The molecule has 2 N–H and O–H groups in total. The van der Waals surface area contributed by atoms with Crippen molar-refractivity contribution in [2.24, 2.45) is 0 Å². The SMILES string of the molecule is COc1cc(CCNCCc2ccc(F)cc2)ccc1NC(=O)Cc1cnc(C#N)cn1. The molecule has 1 heterocycles. The molecule has 0 fully saturated rings. The van der Waals surface area contributed by atoms with Crippen molar-refractivity contribution in [2.45, 2.75) is 19.3 Å². The van der Waals surface area contributed by atoms with Crippen LogP contribution in [0.2, 0.25) is 0 Å². The van der Waals surface area contributed by atoms with E-state index in [2.05, 4.69) is 20.6 Å². The summed E-state index contributed by atoms with van der Waals surface area (Å²) in [6, 6.07) is 14.1. The quantitative estimate of drug-likeness (QED) is 0.477. The third-order valence-electron chi connectivity index (χ3n) is 4.80. The molecule has 7 nitrogen and oxygen atoms in total. The number of nitriles is 1. The molecule has 2 aromatic carbocycles. The zero-order valence-electron chi connectivity index (χ0n) is 17.8. The van der Waals surface area contributed by atoms with Crippen LogP contribution in [0.15, 0.2) is 54.9 Å². The Morgan fingerprint density at radius 1 is 1.06 bits per heavy atom. The molecule has 0 saturated heterocycles. The fraction of sp³-hybridized carbons (Fsp3) is 0.250. The molecule has 164 valence electrons. The lowest BCUT2D eigenvalue weighted by Crippen LogP contribution is -2.20. The van der Waals surface area contributed by atoms with Gasteiger partial charge in [0.25, 0.3) is 0 Å². The van der Waals surface area contributed by atoms with Gasteiger partial charge in [0, 0.05) is 0 Å². The number of halogens is 1. The van der Waals surface area contributed by atoms with Gasteiger partial charge < -0.3 is 15.4 Å². The normalized spacial score (nSPS) is 10.4. The number of rotatable bonds is 10. The van der Waals surface area contributed by atoms with E-state index in [0.717, 1.165) is 37.1 Å². The Hall–Kier alpha value is -3.83. The largest absolute Gasteiger partial charge is 0.495 e. The van der Waals surface area contributed by atoms with E-state index in [4.69, 9.17) is 10.00 Å². The third-order valence-corrected chi connectivity index (χ3v) is 4.80. The van der Waals surface area contributed by atoms with Crippen molar-refractivity contribution in [3.8, 4) is 11.8 Å². The minimum Gasteiger partial charge on any atom is -0.495 e. The standard InChI is InChI=1S/C24H24FN5O2/c1-32-23-12-18(9-11-27-10-8-17-2-5-19(25)6-3-17)4-7-22(23)30-24(31)13-20-15-29-21(14-26)16-28-20/h2-7,12,15-16,27H,8-11,13H2,1H3,(H,30,31). The average Bonchev–Trinajstić information content (AvgIpc) is 2.81. The van der Waals surface area contributed by atoms with Gasteiger partial charge in [-0.15, -0.1) is 0 Å². The summed E-state index contributed by atoms with van der Waals surface area (Å²) in [5, 5.41) is 15.0. The zero-order chi connectivity index (χ0) is 22.8. The van der Waals surface area contributed by atoms with E-state index in [1.807, 2.05) is 24.3 Å². The van der Waals surface area contributed by atoms with Gasteiger partial charge in [-0.2, -0.15) is 5.26 Å². The third kappa shape index (κ3) is 6.86. The number of carbonyl (C=O) groups excluding carboxylic acids is 1. The Morgan fingerprint density at radius 3 is 2.44 bits per heavy atom. The fourth-order valence-corrected chi connectivity index (χ4v) is 3.10. The van der Waals surface area contributed by atoms with Gasteiger partial charge in [0.05, 0.1) is 37.3 Å². The van der Waals surface area contributed by atoms with Crippen LogP contribution in [-0.2, 0) is 24.1 Å². The maximum atomic E-state index is 12.9. The molecule has 3 rings (SSSR count). The lowest BCUT2D eigenvalue weighted by Gasteiger charge is -2.12. The highest BCUT2D eigenvalue weighted by Gasteiger charge is 2.10. The molecule has 0 aliphatic heterocycles. The Bertz CT molecular complexity index is 1080. The molecular formula is C24H24FN5O2. The molecule has 0 aliphatic rings. The van der Waals surface area contributed by atoms with Crippen LogP contribution in [0.25, 0.3) is 0 Å². The van der Waals surface area contributed by atoms with Crippen LogP contribution in [0.3, 0.4) is 0 Å². The van der Waals surface area contributed by atoms with E-state index in [0.29, 0.717) is 17.1 Å². The van der Waals surface area contributed by atoms with Gasteiger partial charge >= 0.3 is 0 Å². The number of methoxy groups -OCH3 is 1. The predicted molar refractivity (Wildman–Crippen MR) is 119 cm³/mol. The lowest BCUT2D eigenvalue weighted by atomic mass is 10.1. The molecule has 1 aromatic heterocycles. The highest BCUT2D eigenvalue weighted by Crippen LogP contribution is 2.26. The van der Waals surface area contributed by atoms with Gasteiger partial charge in [0.15, 0.2) is 5.69 Å². The number of anilines is 1. The summed E-state index contributed by atoms with van der Waals surface area (Å²) in [5.41, 5.74) is 3.42. The van der Waals surface area contributed by atoms with Crippen LogP contribution < -0.4 is 15.4 Å². The predicted octanol–water partition coefficient (Wildman–Crippen LogP) is 3.05. The minimum atomic E-state index is -0.252. The number of carbonyl (C=O) groups is 1. The highest BCUT2D eigenvalue weighted by atomic mass is 19.1. The van der Waals surface area contributed by atoms with Crippen molar-refractivity contribution in [3.05, 3.63) is 83.2 Å². The molecule has 0 bridgehead atoms. The van der Waals surface area contributed by atoms with Crippen LogP contribution in [0, 0.1) is 17.1 Å². The number of hydrogen-bond donors (Lipinski definition) is 2. The number of nitrogens with one attached hydrogen (secondary N) is 2. The summed E-state index contributed by atoms with van der Waals surface area (Å²) in [7, 11) is 1.56. The van der Waals surface area contributed by atoms with Crippen LogP contribution in [0.4, 0.5) is 10.1 Å². The van der Waals surface area contributed by atoms with Crippen molar-refractivity contribution in [1.29, 1.82) is 5.26 Å². The zero-order valence-corrected chi connectivity index (χ0v) is 17.8. The van der Waals surface area contributed by atoms with Crippen LogP contribution in [-0.4, -0.2) is 36.1 Å². The van der Waals surface area contributed by atoms with Gasteiger partial charge in [0.2, 0.25) is 5.91 Å². The Kier molecular flexibility index (Phi) is 8.23. The average molecular weight is 433 g/mol. The smallest absolute Gasteiger partial charge is 0.230 e. The molecule has 0 unspecified atom stereocenters. The first-order valence-corrected chi connectivity index (χ1v) is 10.2. The number of ether oxygens (including phenoxy) is 1. The second kappa shape index (κ2) is 11.5. The number of nitrogens with zero attached hydrogens (tertiary/aromatic N) is 3. The molecule has 0 saturated carbocycles. The second-order valence-electron chi connectivity index (χ2n) is 7.14.